The summed E-state index contributed by atoms with van der Waals surface area (Å²) in [5.41, 5.74) is -10.9. The summed E-state index contributed by atoms with van der Waals surface area (Å²) in [6.07, 6.45) is 0. The van der Waals surface area contributed by atoms with Crippen LogP contribution in [0.1, 0.15) is 0 Å². The lowest BCUT2D eigenvalue weighted by Crippen LogP contribution is -1.97. The SMILES string of the molecule is Oc1c(O)c(O)c(-c2c(O)c(O)c(-c3c4c(O)c(O)c(O)c(O)c4c(-c4c(O)c(O)c(O)c5oc6c(O)c7c(O)c(O)c(O)c(O)c7c(O)c6c45)c4c(O)c(O)c(O)c(O)c34)c(O)c2O)c(O)c1O. The van der Waals surface area contributed by atoms with Gasteiger partial charge in [-0.2, -0.15) is 0 Å². The molecule has 8 aromatic carbocycles. The Morgan fingerprint density at radius 3 is 0.710 bits per heavy atom. The molecule has 27 heteroatoms. The number of rotatable bonds is 3. The number of aromatic hydroxyl groups is 26. The molecule has 0 aliphatic heterocycles. The minimum absolute atomic E-state index is 1.07. The van der Waals surface area contributed by atoms with Gasteiger partial charge in [-0.1, -0.05) is 0 Å². The molecule has 26 N–H and O–H groups in total. The summed E-state index contributed by atoms with van der Waals surface area (Å²) in [5, 5.41) is 278. The van der Waals surface area contributed by atoms with Crippen LogP contribution in [-0.4, -0.2) is 133 Å². The van der Waals surface area contributed by atoms with Crippen molar-refractivity contribution in [2.24, 2.45) is 0 Å². The lowest BCUT2D eigenvalue weighted by Gasteiger charge is -2.25. The van der Waals surface area contributed by atoms with Gasteiger partial charge in [0.05, 0.1) is 32.8 Å². The van der Waals surface area contributed by atoms with Gasteiger partial charge in [0.2, 0.25) is 63.2 Å². The minimum atomic E-state index is -1.86. The third kappa shape index (κ3) is 4.86. The summed E-state index contributed by atoms with van der Waals surface area (Å²) in [7, 11) is 0. The van der Waals surface area contributed by atoms with E-state index < -0.39 is 237 Å². The number of phenols is 26. The van der Waals surface area contributed by atoms with Crippen LogP contribution in [0, 0.1) is 0 Å². The molecule has 0 bridgehead atoms. The molecule has 27 nitrogen and oxygen atoms in total. The highest BCUT2D eigenvalue weighted by Gasteiger charge is 2.41. The highest BCUT2D eigenvalue weighted by Crippen LogP contribution is 2.69. The van der Waals surface area contributed by atoms with E-state index in [1.807, 2.05) is 0 Å². The molecule has 0 fully saturated rings. The Bertz CT molecular complexity index is 3820. The number of furan rings is 1. The van der Waals surface area contributed by atoms with E-state index in [-0.39, 0.29) is 0 Å². The van der Waals surface area contributed by atoms with Crippen molar-refractivity contribution in [3.05, 3.63) is 0 Å². The second-order valence-corrected chi connectivity index (χ2v) is 15.1. The molecule has 0 spiro atoms. The van der Waals surface area contributed by atoms with Crippen LogP contribution < -0.4 is 0 Å². The number of hydrogen-bond acceptors (Lipinski definition) is 27. The number of fused-ring (bicyclic) bond motifs is 6. The van der Waals surface area contributed by atoms with Crippen LogP contribution in [0.5, 0.6) is 149 Å². The fourth-order valence-corrected chi connectivity index (χ4v) is 8.54. The van der Waals surface area contributed by atoms with Crippen molar-refractivity contribution in [3.8, 4) is 183 Å². The molecule has 9 rings (SSSR count). The van der Waals surface area contributed by atoms with Crippen molar-refractivity contribution in [2.45, 2.75) is 0 Å². The first kappa shape index (κ1) is 43.4. The van der Waals surface area contributed by atoms with E-state index in [0.29, 0.717) is 0 Å². The molecule has 0 aliphatic rings. The van der Waals surface area contributed by atoms with Gasteiger partial charge in [0, 0.05) is 43.6 Å². The molecule has 0 unspecified atom stereocenters. The Labute approximate surface area is 373 Å². The topological polar surface area (TPSA) is 539 Å². The smallest absolute Gasteiger partial charge is 0.208 e. The van der Waals surface area contributed by atoms with Gasteiger partial charge in [-0.05, 0) is 0 Å². The molecule has 0 amide bonds. The minimum Gasteiger partial charge on any atom is -0.506 e. The molecule has 356 valence electrons. The van der Waals surface area contributed by atoms with Crippen molar-refractivity contribution >= 4 is 54.3 Å². The Balaban J connectivity index is 1.61. The molecule has 69 heavy (non-hydrogen) atoms. The predicted molar refractivity (Wildman–Crippen MR) is 226 cm³/mol. The van der Waals surface area contributed by atoms with Gasteiger partial charge in [0.15, 0.2) is 91.7 Å². The lowest BCUT2D eigenvalue weighted by molar-refractivity contribution is 0.329. The fourth-order valence-electron chi connectivity index (χ4n) is 8.54. The van der Waals surface area contributed by atoms with Crippen LogP contribution in [0.3, 0.4) is 0 Å². The zero-order chi connectivity index (χ0) is 51.0. The molecular formula is C42H26O27. The maximum absolute atomic E-state index is 11.8. The largest absolute Gasteiger partial charge is 0.506 e. The summed E-state index contributed by atoms with van der Waals surface area (Å²) >= 11 is 0. The molecule has 1 aromatic heterocycles. The summed E-state index contributed by atoms with van der Waals surface area (Å²) in [6, 6.07) is 0. The summed E-state index contributed by atoms with van der Waals surface area (Å²) in [5.74, 6) is -43.2. The first-order chi connectivity index (χ1) is 32.2. The molecular weight excluding hydrogens is 936 g/mol. The van der Waals surface area contributed by atoms with Crippen LogP contribution in [0.15, 0.2) is 4.42 Å². The van der Waals surface area contributed by atoms with Gasteiger partial charge >= 0.3 is 0 Å². The van der Waals surface area contributed by atoms with E-state index in [1.165, 1.54) is 0 Å². The maximum Gasteiger partial charge on any atom is 0.208 e. The molecule has 1 heterocycles. The quantitative estimate of drug-likeness (QED) is 0.0663. The van der Waals surface area contributed by atoms with Gasteiger partial charge in [-0.3, -0.25) is 0 Å². The highest BCUT2D eigenvalue weighted by molar-refractivity contribution is 6.35. The van der Waals surface area contributed by atoms with Crippen molar-refractivity contribution < 1.29 is 137 Å². The van der Waals surface area contributed by atoms with Crippen molar-refractivity contribution in [2.75, 3.05) is 0 Å². The molecule has 0 saturated carbocycles. The van der Waals surface area contributed by atoms with Gasteiger partial charge in [-0.25, -0.2) is 0 Å². The second kappa shape index (κ2) is 13.4. The highest BCUT2D eigenvalue weighted by atomic mass is 16.4. The standard InChI is InChI=1S/C42H26O27/c43-15-10-13(28(56)35(63)34(62)25(10)53)29(57)42-14(15)8-7(20(48)38(66)40(68)41(8)69-42)1-3-5(18(46)32(60)30(58)16(3)44)2(6-4(1)17(45)31(59)33(61)19(6)47)9-21(49)23(51)11(24(52)22(9)50)12-26(54)36(64)39(67)37(65)27(12)55/h43-68H. The van der Waals surface area contributed by atoms with E-state index in [4.69, 9.17) is 4.42 Å². The first-order valence-electron chi connectivity index (χ1n) is 18.5. The average Bonchev–Trinajstić information content (AvgIpc) is 3.73. The van der Waals surface area contributed by atoms with Crippen molar-refractivity contribution in [1.29, 1.82) is 0 Å². The van der Waals surface area contributed by atoms with E-state index in [1.54, 1.807) is 0 Å². The van der Waals surface area contributed by atoms with Crippen LogP contribution in [-0.2, 0) is 0 Å². The van der Waals surface area contributed by atoms with E-state index in [0.717, 1.165) is 0 Å². The van der Waals surface area contributed by atoms with E-state index >= 15 is 0 Å². The fraction of sp³-hybridized carbons (Fsp3) is 0. The number of phenolic OH excluding ortho intramolecular Hbond substituents is 26. The molecule has 0 aliphatic carbocycles. The van der Waals surface area contributed by atoms with Crippen LogP contribution in [0.2, 0.25) is 0 Å². The normalized spacial score (nSPS) is 11.8. The van der Waals surface area contributed by atoms with Gasteiger partial charge in [0.1, 0.15) is 5.75 Å². The summed E-state index contributed by atoms with van der Waals surface area (Å²) < 4.78 is 5.55. The number of benzene rings is 8. The van der Waals surface area contributed by atoms with Gasteiger partial charge in [-0.15, -0.1) is 0 Å². The molecule has 0 radical (unpaired) electrons. The monoisotopic (exact) mass is 962 g/mol. The Hall–Kier alpha value is -10.9. The maximum atomic E-state index is 11.8. The van der Waals surface area contributed by atoms with Gasteiger partial charge in [0.25, 0.3) is 0 Å². The summed E-state index contributed by atoms with van der Waals surface area (Å²) in [4.78, 5) is 0. The Kier molecular flexibility index (Phi) is 8.40. The Morgan fingerprint density at radius 1 is 0.130 bits per heavy atom. The van der Waals surface area contributed by atoms with E-state index in [2.05, 4.69) is 0 Å². The third-order valence-electron chi connectivity index (χ3n) is 11.7. The lowest BCUT2D eigenvalue weighted by atomic mass is 9.81. The Morgan fingerprint density at radius 2 is 0.348 bits per heavy atom. The third-order valence-corrected chi connectivity index (χ3v) is 11.7. The molecule has 0 atom stereocenters. The zero-order valence-electron chi connectivity index (χ0n) is 33.0. The van der Waals surface area contributed by atoms with Crippen molar-refractivity contribution in [3.63, 3.8) is 0 Å². The molecule has 9 aromatic rings. The zero-order valence-corrected chi connectivity index (χ0v) is 33.0. The average molecular weight is 963 g/mol. The number of hydrogen-bond donors (Lipinski definition) is 26. The second-order valence-electron chi connectivity index (χ2n) is 15.1. The van der Waals surface area contributed by atoms with Gasteiger partial charge < -0.3 is 137 Å². The van der Waals surface area contributed by atoms with Crippen LogP contribution in [0.4, 0.5) is 0 Å². The predicted octanol–water partition coefficient (Wildman–Crippen LogP) is 4.39. The van der Waals surface area contributed by atoms with Crippen molar-refractivity contribution in [1.82, 2.24) is 0 Å². The van der Waals surface area contributed by atoms with Crippen LogP contribution in [0.25, 0.3) is 87.6 Å². The molecule has 0 saturated heterocycles. The first-order valence-corrected chi connectivity index (χ1v) is 18.5. The van der Waals surface area contributed by atoms with Crippen LogP contribution >= 0.6 is 0 Å². The van der Waals surface area contributed by atoms with E-state index in [9.17, 15) is 133 Å². The summed E-state index contributed by atoms with van der Waals surface area (Å²) in [6.45, 7) is 0.